The molecule has 2 aromatic carbocycles. The molecule has 1 unspecified atom stereocenters. The summed E-state index contributed by atoms with van der Waals surface area (Å²) in [7, 11) is 0. The van der Waals surface area contributed by atoms with E-state index in [1.54, 1.807) is 6.07 Å². The van der Waals surface area contributed by atoms with Crippen molar-refractivity contribution in [2.45, 2.75) is 12.6 Å². The minimum atomic E-state index is -0.286. The largest absolute Gasteiger partial charge is 0.369 e. The summed E-state index contributed by atoms with van der Waals surface area (Å²) in [5, 5.41) is 1.08. The molecule has 0 fully saturated rings. The van der Waals surface area contributed by atoms with Crippen LogP contribution < -0.4 is 11.5 Å². The van der Waals surface area contributed by atoms with E-state index in [-0.39, 0.29) is 24.5 Å². The van der Waals surface area contributed by atoms with Gasteiger partial charge in [-0.1, -0.05) is 59.6 Å². The molecule has 1 atom stereocenters. The van der Waals surface area contributed by atoms with Crippen LogP contribution in [0, 0.1) is 0 Å². The molecule has 4 N–H and O–H groups in total. The number of guanidine groups is 2. The number of halogens is 3. The number of nitrogens with two attached hydrogens (primary N) is 2. The highest BCUT2D eigenvalue weighted by molar-refractivity contribution is 6.42. The van der Waals surface area contributed by atoms with Crippen LogP contribution in [-0.4, -0.2) is 23.4 Å². The van der Waals surface area contributed by atoms with E-state index in [2.05, 4.69) is 9.98 Å². The third-order valence-corrected chi connectivity index (χ3v) is 4.54. The standard InChI is InChI=1S/C17H17Cl2N5.ClH/c18-13-7-6-11(10-14(13)19)8-9-24-15(12-4-2-1-3-5-12)22-16(20)23-17(24)21;/h1-7,10,15H,8-9H2,(H4,20,21,22,23);1H. The first-order valence-corrected chi connectivity index (χ1v) is 8.23. The van der Waals surface area contributed by atoms with Crippen molar-refractivity contribution in [3.05, 3.63) is 69.7 Å². The molecule has 3 rings (SSSR count). The Morgan fingerprint density at radius 2 is 1.72 bits per heavy atom. The van der Waals surface area contributed by atoms with Crippen molar-refractivity contribution in [3.8, 4) is 0 Å². The molecule has 2 aromatic rings. The fourth-order valence-electron chi connectivity index (χ4n) is 2.59. The zero-order chi connectivity index (χ0) is 17.1. The van der Waals surface area contributed by atoms with Crippen LogP contribution in [0.3, 0.4) is 0 Å². The SMILES string of the molecule is Cl.NC1=NC(c2ccccc2)N(CCc2ccc(Cl)c(Cl)c2)C(N)=N1. The normalized spacial score (nSPS) is 16.7. The first kappa shape index (κ1) is 19.4. The van der Waals surface area contributed by atoms with Gasteiger partial charge in [0.15, 0.2) is 6.17 Å². The molecule has 0 amide bonds. The Balaban J connectivity index is 0.00000225. The molecule has 8 heteroatoms. The molecular weight excluding hydrogens is 381 g/mol. The number of hydrogen-bond donors (Lipinski definition) is 2. The summed E-state index contributed by atoms with van der Waals surface area (Å²) < 4.78 is 0. The van der Waals surface area contributed by atoms with Crippen molar-refractivity contribution in [1.29, 1.82) is 0 Å². The van der Waals surface area contributed by atoms with Gasteiger partial charge in [-0.25, -0.2) is 4.99 Å². The van der Waals surface area contributed by atoms with Crippen LogP contribution in [0.25, 0.3) is 0 Å². The lowest BCUT2D eigenvalue weighted by Gasteiger charge is -2.32. The summed E-state index contributed by atoms with van der Waals surface area (Å²) in [6, 6.07) is 15.4. The second kappa shape index (κ2) is 8.43. The Bertz CT molecular complexity index is 792. The highest BCUT2D eigenvalue weighted by Crippen LogP contribution is 2.26. The summed E-state index contributed by atoms with van der Waals surface area (Å²) in [5.74, 6) is 0.545. The molecule has 0 saturated heterocycles. The second-order valence-electron chi connectivity index (χ2n) is 5.43. The van der Waals surface area contributed by atoms with Gasteiger partial charge in [0.05, 0.1) is 10.0 Å². The van der Waals surface area contributed by atoms with E-state index in [1.807, 2.05) is 47.4 Å². The van der Waals surface area contributed by atoms with E-state index in [0.717, 1.165) is 17.5 Å². The lowest BCUT2D eigenvalue weighted by molar-refractivity contribution is 0.319. The highest BCUT2D eigenvalue weighted by atomic mass is 35.5. The van der Waals surface area contributed by atoms with Gasteiger partial charge < -0.3 is 16.4 Å². The lowest BCUT2D eigenvalue weighted by atomic mass is 10.1. The maximum atomic E-state index is 6.08. The fourth-order valence-corrected chi connectivity index (χ4v) is 2.91. The quantitative estimate of drug-likeness (QED) is 0.825. The topological polar surface area (TPSA) is 80.0 Å². The van der Waals surface area contributed by atoms with Gasteiger partial charge in [0.2, 0.25) is 11.9 Å². The number of rotatable bonds is 4. The van der Waals surface area contributed by atoms with Crippen LogP contribution in [0.5, 0.6) is 0 Å². The van der Waals surface area contributed by atoms with Crippen molar-refractivity contribution in [1.82, 2.24) is 4.90 Å². The molecule has 1 heterocycles. The molecule has 0 radical (unpaired) electrons. The lowest BCUT2D eigenvalue weighted by Crippen LogP contribution is -2.45. The van der Waals surface area contributed by atoms with E-state index in [9.17, 15) is 0 Å². The first-order chi connectivity index (χ1) is 11.5. The minimum absolute atomic E-state index is 0. The van der Waals surface area contributed by atoms with Gasteiger partial charge in [0.1, 0.15) is 0 Å². The minimum Gasteiger partial charge on any atom is -0.369 e. The van der Waals surface area contributed by atoms with Crippen LogP contribution in [0.4, 0.5) is 0 Å². The molecule has 0 aromatic heterocycles. The molecule has 0 saturated carbocycles. The van der Waals surface area contributed by atoms with Crippen molar-refractivity contribution < 1.29 is 0 Å². The molecule has 1 aliphatic heterocycles. The zero-order valence-electron chi connectivity index (χ0n) is 13.3. The second-order valence-corrected chi connectivity index (χ2v) is 6.25. The van der Waals surface area contributed by atoms with Gasteiger partial charge in [-0.2, -0.15) is 4.99 Å². The van der Waals surface area contributed by atoms with E-state index in [4.69, 9.17) is 34.7 Å². The molecule has 0 aliphatic carbocycles. The van der Waals surface area contributed by atoms with Crippen molar-refractivity contribution in [2.24, 2.45) is 21.5 Å². The molecule has 0 spiro atoms. The van der Waals surface area contributed by atoms with Gasteiger partial charge in [-0.15, -0.1) is 12.4 Å². The molecule has 5 nitrogen and oxygen atoms in total. The Labute approximate surface area is 162 Å². The number of aliphatic imine (C=N–C) groups is 2. The van der Waals surface area contributed by atoms with Gasteiger partial charge in [-0.3, -0.25) is 0 Å². The Morgan fingerprint density at radius 1 is 1.00 bits per heavy atom. The molecular formula is C17H18Cl3N5. The van der Waals surface area contributed by atoms with E-state index in [0.29, 0.717) is 22.5 Å². The maximum absolute atomic E-state index is 6.08. The smallest absolute Gasteiger partial charge is 0.220 e. The van der Waals surface area contributed by atoms with Gasteiger partial charge in [0, 0.05) is 6.54 Å². The van der Waals surface area contributed by atoms with Crippen molar-refractivity contribution in [2.75, 3.05) is 6.54 Å². The van der Waals surface area contributed by atoms with E-state index < -0.39 is 0 Å². The zero-order valence-corrected chi connectivity index (χ0v) is 15.6. The summed E-state index contributed by atoms with van der Waals surface area (Å²) in [6.45, 7) is 0.629. The first-order valence-electron chi connectivity index (χ1n) is 7.47. The summed E-state index contributed by atoms with van der Waals surface area (Å²) >= 11 is 12.0. The van der Waals surface area contributed by atoms with E-state index >= 15 is 0 Å². The summed E-state index contributed by atoms with van der Waals surface area (Å²) in [4.78, 5) is 10.4. The summed E-state index contributed by atoms with van der Waals surface area (Å²) in [6.07, 6.45) is 0.442. The van der Waals surface area contributed by atoms with Gasteiger partial charge >= 0.3 is 0 Å². The van der Waals surface area contributed by atoms with Crippen LogP contribution >= 0.6 is 35.6 Å². The number of hydrogen-bond acceptors (Lipinski definition) is 5. The monoisotopic (exact) mass is 397 g/mol. The number of benzene rings is 2. The van der Waals surface area contributed by atoms with Crippen LogP contribution in [0.2, 0.25) is 10.0 Å². The Morgan fingerprint density at radius 3 is 2.40 bits per heavy atom. The third kappa shape index (κ3) is 4.57. The van der Waals surface area contributed by atoms with Crippen LogP contribution in [0.15, 0.2) is 58.5 Å². The average Bonchev–Trinajstić information content (AvgIpc) is 2.57. The third-order valence-electron chi connectivity index (χ3n) is 3.80. The highest BCUT2D eigenvalue weighted by Gasteiger charge is 2.25. The molecule has 1 aliphatic rings. The van der Waals surface area contributed by atoms with Crippen LogP contribution in [0.1, 0.15) is 17.3 Å². The van der Waals surface area contributed by atoms with Crippen LogP contribution in [-0.2, 0) is 6.42 Å². The summed E-state index contributed by atoms with van der Waals surface area (Å²) in [5.41, 5.74) is 13.9. The molecule has 0 bridgehead atoms. The van der Waals surface area contributed by atoms with Crippen molar-refractivity contribution in [3.63, 3.8) is 0 Å². The predicted molar refractivity (Wildman–Crippen MR) is 107 cm³/mol. The molecule has 25 heavy (non-hydrogen) atoms. The van der Waals surface area contributed by atoms with Crippen molar-refractivity contribution >= 4 is 47.5 Å². The van der Waals surface area contributed by atoms with Gasteiger partial charge in [0.25, 0.3) is 0 Å². The predicted octanol–water partition coefficient (Wildman–Crippen LogP) is 3.60. The Hall–Kier alpha value is -1.95. The Kier molecular flexibility index (Phi) is 6.53. The van der Waals surface area contributed by atoms with Gasteiger partial charge in [-0.05, 0) is 29.7 Å². The average molecular weight is 399 g/mol. The van der Waals surface area contributed by atoms with E-state index in [1.165, 1.54) is 0 Å². The number of nitrogens with zero attached hydrogens (tertiary/aromatic N) is 3. The fraction of sp³-hybridized carbons (Fsp3) is 0.176. The maximum Gasteiger partial charge on any atom is 0.220 e. The molecule has 132 valence electrons.